The highest BCUT2D eigenvalue weighted by Gasteiger charge is 2.15. The molecule has 18 heavy (non-hydrogen) atoms. The Bertz CT molecular complexity index is 520. The third-order valence-corrected chi connectivity index (χ3v) is 2.79. The number of nitrogens with two attached hydrogens (primary N) is 1. The van der Waals surface area contributed by atoms with Gasteiger partial charge in [0.1, 0.15) is 5.75 Å². The summed E-state index contributed by atoms with van der Waals surface area (Å²) in [5.74, 6) is 0.0297. The lowest BCUT2D eigenvalue weighted by atomic mass is 9.98. The molecule has 0 saturated carbocycles. The lowest BCUT2D eigenvalue weighted by Gasteiger charge is -2.10. The second-order valence-electron chi connectivity index (χ2n) is 4.21. The van der Waals surface area contributed by atoms with Crippen LogP contribution in [0.3, 0.4) is 0 Å². The standard InChI is InChI=1S/C15H15NO2/c16-14(10-11-4-2-1-3-5-11)15(18)12-6-8-13(17)9-7-12/h1-9,14,17H,10,16H2. The van der Waals surface area contributed by atoms with Crippen molar-refractivity contribution in [2.24, 2.45) is 5.73 Å². The van der Waals surface area contributed by atoms with Crippen molar-refractivity contribution in [2.75, 3.05) is 0 Å². The number of Topliss-reactive ketones (excluding diaryl/α,β-unsaturated/α-hetero) is 1. The summed E-state index contributed by atoms with van der Waals surface area (Å²) in [5.41, 5.74) is 7.47. The van der Waals surface area contributed by atoms with Crippen LogP contribution in [0.2, 0.25) is 0 Å². The third kappa shape index (κ3) is 2.96. The van der Waals surface area contributed by atoms with E-state index in [0.29, 0.717) is 12.0 Å². The maximum atomic E-state index is 12.1. The summed E-state index contributed by atoms with van der Waals surface area (Å²) in [5, 5.41) is 9.17. The van der Waals surface area contributed by atoms with Crippen molar-refractivity contribution in [3.63, 3.8) is 0 Å². The molecule has 0 bridgehead atoms. The lowest BCUT2D eigenvalue weighted by Crippen LogP contribution is -2.32. The van der Waals surface area contributed by atoms with E-state index in [1.54, 1.807) is 12.1 Å². The van der Waals surface area contributed by atoms with Crippen molar-refractivity contribution >= 4 is 5.78 Å². The molecule has 0 aliphatic carbocycles. The number of carbonyl (C=O) groups excluding carboxylic acids is 1. The molecule has 0 saturated heterocycles. The van der Waals surface area contributed by atoms with Gasteiger partial charge >= 0.3 is 0 Å². The zero-order valence-electron chi connectivity index (χ0n) is 9.91. The molecule has 3 nitrogen and oxygen atoms in total. The number of phenols is 1. The summed E-state index contributed by atoms with van der Waals surface area (Å²) in [4.78, 5) is 12.1. The molecule has 0 aromatic heterocycles. The molecule has 0 aliphatic heterocycles. The first-order valence-corrected chi connectivity index (χ1v) is 5.79. The zero-order chi connectivity index (χ0) is 13.0. The summed E-state index contributed by atoms with van der Waals surface area (Å²) in [6, 6.07) is 15.3. The van der Waals surface area contributed by atoms with Gasteiger partial charge in [0.25, 0.3) is 0 Å². The zero-order valence-corrected chi connectivity index (χ0v) is 9.91. The summed E-state index contributed by atoms with van der Waals surface area (Å²) in [6.07, 6.45) is 0.514. The van der Waals surface area contributed by atoms with Gasteiger partial charge in [-0.3, -0.25) is 4.79 Å². The van der Waals surface area contributed by atoms with Gasteiger partial charge in [0.05, 0.1) is 6.04 Å². The molecule has 0 fully saturated rings. The van der Waals surface area contributed by atoms with Crippen LogP contribution in [-0.4, -0.2) is 16.9 Å². The number of benzene rings is 2. The Hall–Kier alpha value is -2.13. The maximum Gasteiger partial charge on any atom is 0.179 e. The number of hydrogen-bond acceptors (Lipinski definition) is 3. The quantitative estimate of drug-likeness (QED) is 0.806. The molecule has 1 atom stereocenters. The smallest absolute Gasteiger partial charge is 0.179 e. The fourth-order valence-corrected chi connectivity index (χ4v) is 1.80. The molecule has 0 aliphatic rings. The molecule has 2 aromatic rings. The predicted molar refractivity (Wildman–Crippen MR) is 70.6 cm³/mol. The molecule has 92 valence electrons. The van der Waals surface area contributed by atoms with Crippen molar-refractivity contribution in [1.82, 2.24) is 0 Å². The SMILES string of the molecule is NC(Cc1ccccc1)C(=O)c1ccc(O)cc1. The molecule has 0 radical (unpaired) electrons. The maximum absolute atomic E-state index is 12.1. The van der Waals surface area contributed by atoms with Gasteiger partial charge in [-0.05, 0) is 36.2 Å². The van der Waals surface area contributed by atoms with Crippen molar-refractivity contribution in [1.29, 1.82) is 0 Å². The number of hydrogen-bond donors (Lipinski definition) is 2. The lowest BCUT2D eigenvalue weighted by molar-refractivity contribution is 0.0961. The van der Waals surface area contributed by atoms with Crippen molar-refractivity contribution in [2.45, 2.75) is 12.5 Å². The van der Waals surface area contributed by atoms with Gasteiger partial charge in [0, 0.05) is 5.56 Å². The first-order chi connectivity index (χ1) is 8.66. The summed E-state index contributed by atoms with van der Waals surface area (Å²) in [7, 11) is 0. The van der Waals surface area contributed by atoms with Crippen LogP contribution in [0.5, 0.6) is 5.75 Å². The monoisotopic (exact) mass is 241 g/mol. The number of aromatic hydroxyl groups is 1. The van der Waals surface area contributed by atoms with Crippen LogP contribution in [0.15, 0.2) is 54.6 Å². The van der Waals surface area contributed by atoms with Gasteiger partial charge in [-0.1, -0.05) is 30.3 Å². The second kappa shape index (κ2) is 5.47. The molecule has 0 heterocycles. The van der Waals surface area contributed by atoms with E-state index >= 15 is 0 Å². The van der Waals surface area contributed by atoms with Crippen LogP contribution in [0.4, 0.5) is 0 Å². The van der Waals surface area contributed by atoms with E-state index < -0.39 is 6.04 Å². The number of ketones is 1. The minimum Gasteiger partial charge on any atom is -0.508 e. The Morgan fingerprint density at radius 2 is 1.67 bits per heavy atom. The predicted octanol–water partition coefficient (Wildman–Crippen LogP) is 2.14. The van der Waals surface area contributed by atoms with E-state index in [-0.39, 0.29) is 11.5 Å². The van der Waals surface area contributed by atoms with Crippen LogP contribution in [0, 0.1) is 0 Å². The third-order valence-electron chi connectivity index (χ3n) is 2.79. The first kappa shape index (κ1) is 12.3. The largest absolute Gasteiger partial charge is 0.508 e. The molecule has 2 rings (SSSR count). The number of rotatable bonds is 4. The van der Waals surface area contributed by atoms with Gasteiger partial charge in [-0.25, -0.2) is 0 Å². The van der Waals surface area contributed by atoms with E-state index in [9.17, 15) is 4.79 Å². The second-order valence-corrected chi connectivity index (χ2v) is 4.21. The van der Waals surface area contributed by atoms with Crippen molar-refractivity contribution in [3.8, 4) is 5.75 Å². The molecular weight excluding hydrogens is 226 g/mol. The normalized spacial score (nSPS) is 12.1. The Morgan fingerprint density at radius 1 is 1.06 bits per heavy atom. The van der Waals surface area contributed by atoms with E-state index in [1.165, 1.54) is 12.1 Å². The van der Waals surface area contributed by atoms with Crippen LogP contribution >= 0.6 is 0 Å². The molecule has 2 aromatic carbocycles. The molecule has 1 unspecified atom stereocenters. The fourth-order valence-electron chi connectivity index (χ4n) is 1.80. The average Bonchev–Trinajstić information content (AvgIpc) is 2.40. The Balaban J connectivity index is 2.07. The molecule has 3 N–H and O–H groups in total. The highest BCUT2D eigenvalue weighted by molar-refractivity contribution is 6.00. The number of carbonyl (C=O) groups is 1. The van der Waals surface area contributed by atoms with E-state index in [1.807, 2.05) is 30.3 Å². The van der Waals surface area contributed by atoms with Crippen LogP contribution < -0.4 is 5.73 Å². The van der Waals surface area contributed by atoms with Crippen molar-refractivity contribution < 1.29 is 9.90 Å². The molecule has 0 spiro atoms. The number of phenolic OH excluding ortho intramolecular Hbond substituents is 1. The minimum absolute atomic E-state index is 0.112. The van der Waals surface area contributed by atoms with Crippen LogP contribution in [-0.2, 0) is 6.42 Å². The first-order valence-electron chi connectivity index (χ1n) is 5.79. The Morgan fingerprint density at radius 3 is 2.28 bits per heavy atom. The minimum atomic E-state index is -0.558. The van der Waals surface area contributed by atoms with Crippen LogP contribution in [0.1, 0.15) is 15.9 Å². The highest BCUT2D eigenvalue weighted by Crippen LogP contribution is 2.12. The van der Waals surface area contributed by atoms with Gasteiger partial charge in [0.2, 0.25) is 0 Å². The average molecular weight is 241 g/mol. The summed E-state index contributed by atoms with van der Waals surface area (Å²) >= 11 is 0. The van der Waals surface area contributed by atoms with Crippen LogP contribution in [0.25, 0.3) is 0 Å². The van der Waals surface area contributed by atoms with E-state index in [4.69, 9.17) is 10.8 Å². The van der Waals surface area contributed by atoms with E-state index in [2.05, 4.69) is 0 Å². The fraction of sp³-hybridized carbons (Fsp3) is 0.133. The topological polar surface area (TPSA) is 63.3 Å². The molecular formula is C15H15NO2. The molecule has 3 heteroatoms. The van der Waals surface area contributed by atoms with Crippen molar-refractivity contribution in [3.05, 3.63) is 65.7 Å². The van der Waals surface area contributed by atoms with E-state index in [0.717, 1.165) is 5.56 Å². The summed E-state index contributed by atoms with van der Waals surface area (Å²) < 4.78 is 0. The Labute approximate surface area is 106 Å². The summed E-state index contributed by atoms with van der Waals surface area (Å²) in [6.45, 7) is 0. The van der Waals surface area contributed by atoms with Gasteiger partial charge in [-0.15, -0.1) is 0 Å². The highest BCUT2D eigenvalue weighted by atomic mass is 16.3. The molecule has 0 amide bonds. The van der Waals surface area contributed by atoms with Gasteiger partial charge < -0.3 is 10.8 Å². The Kier molecular flexibility index (Phi) is 3.75. The van der Waals surface area contributed by atoms with Gasteiger partial charge in [0.15, 0.2) is 5.78 Å². The van der Waals surface area contributed by atoms with Gasteiger partial charge in [-0.2, -0.15) is 0 Å².